The molecule has 31 heavy (non-hydrogen) atoms. The van der Waals surface area contributed by atoms with Gasteiger partial charge in [-0.25, -0.2) is 18.2 Å². The zero-order valence-electron chi connectivity index (χ0n) is 17.1. The fourth-order valence-electron chi connectivity index (χ4n) is 3.98. The average Bonchev–Trinajstić information content (AvgIpc) is 3.34. The minimum atomic E-state index is -2.71. The van der Waals surface area contributed by atoms with E-state index in [4.69, 9.17) is 4.42 Å². The van der Waals surface area contributed by atoms with E-state index in [9.17, 15) is 18.0 Å². The van der Waals surface area contributed by atoms with Crippen molar-refractivity contribution in [3.8, 4) is 0 Å². The number of hydrogen-bond acceptors (Lipinski definition) is 4. The lowest BCUT2D eigenvalue weighted by atomic mass is 10.0. The summed E-state index contributed by atoms with van der Waals surface area (Å²) in [7, 11) is 0. The summed E-state index contributed by atoms with van der Waals surface area (Å²) in [6.07, 6.45) is 1.66. The van der Waals surface area contributed by atoms with Crippen LogP contribution in [0.25, 0.3) is 0 Å². The van der Waals surface area contributed by atoms with E-state index in [1.165, 1.54) is 18.2 Å². The van der Waals surface area contributed by atoms with Crippen LogP contribution in [0.3, 0.4) is 0 Å². The standard InChI is InChI=1S/C22H23F3N4O2/c1-14-9-19(21(24)25)29(27-14)13-20(30)28-8-3-2-7-18(28)22-26-12-17(31-22)11-15-5-4-6-16(23)10-15/h4-6,9-10,12,18,21H,2-3,7-8,11,13H2,1H3/t18-/m1/s1. The Kier molecular flexibility index (Phi) is 6.11. The van der Waals surface area contributed by atoms with Crippen LogP contribution >= 0.6 is 0 Å². The maximum Gasteiger partial charge on any atom is 0.280 e. The lowest BCUT2D eigenvalue weighted by Crippen LogP contribution is -2.40. The molecule has 0 radical (unpaired) electrons. The third-order valence-electron chi connectivity index (χ3n) is 5.39. The summed E-state index contributed by atoms with van der Waals surface area (Å²) in [6, 6.07) is 7.17. The minimum Gasteiger partial charge on any atom is -0.443 e. The smallest absolute Gasteiger partial charge is 0.280 e. The molecule has 3 aromatic rings. The molecule has 1 aromatic carbocycles. The topological polar surface area (TPSA) is 64.2 Å². The molecule has 1 fully saturated rings. The number of aryl methyl sites for hydroxylation is 1. The summed E-state index contributed by atoms with van der Waals surface area (Å²) >= 11 is 0. The van der Waals surface area contributed by atoms with Gasteiger partial charge in [-0.2, -0.15) is 5.10 Å². The molecular weight excluding hydrogens is 409 g/mol. The molecule has 6 nitrogen and oxygen atoms in total. The van der Waals surface area contributed by atoms with E-state index >= 15 is 0 Å². The van der Waals surface area contributed by atoms with Crippen molar-refractivity contribution >= 4 is 5.91 Å². The monoisotopic (exact) mass is 432 g/mol. The first-order valence-corrected chi connectivity index (χ1v) is 10.2. The zero-order chi connectivity index (χ0) is 22.0. The van der Waals surface area contributed by atoms with Gasteiger partial charge in [0, 0.05) is 13.0 Å². The summed E-state index contributed by atoms with van der Waals surface area (Å²) < 4.78 is 46.9. The fraction of sp³-hybridized carbons (Fsp3) is 0.409. The first kappa shape index (κ1) is 21.1. The van der Waals surface area contributed by atoms with E-state index in [-0.39, 0.29) is 30.0 Å². The quantitative estimate of drug-likeness (QED) is 0.571. The predicted octanol–water partition coefficient (Wildman–Crippen LogP) is 4.60. The number of aromatic nitrogens is 3. The summed E-state index contributed by atoms with van der Waals surface area (Å²) in [4.78, 5) is 19.0. The van der Waals surface area contributed by atoms with Gasteiger partial charge in [-0.3, -0.25) is 9.48 Å². The molecule has 0 bridgehead atoms. The van der Waals surface area contributed by atoms with Crippen molar-refractivity contribution in [3.05, 3.63) is 70.9 Å². The fourth-order valence-corrected chi connectivity index (χ4v) is 3.98. The van der Waals surface area contributed by atoms with Gasteiger partial charge in [0.1, 0.15) is 29.9 Å². The van der Waals surface area contributed by atoms with E-state index in [2.05, 4.69) is 10.1 Å². The molecular formula is C22H23F3N4O2. The maximum atomic E-state index is 13.4. The molecule has 2 aromatic heterocycles. The maximum absolute atomic E-state index is 13.4. The van der Waals surface area contributed by atoms with E-state index in [0.717, 1.165) is 23.1 Å². The molecule has 0 N–H and O–H groups in total. The number of nitrogens with zero attached hydrogens (tertiary/aromatic N) is 4. The molecule has 0 saturated carbocycles. The molecule has 0 spiro atoms. The van der Waals surface area contributed by atoms with Crippen molar-refractivity contribution in [2.24, 2.45) is 0 Å². The van der Waals surface area contributed by atoms with Crippen LogP contribution in [-0.4, -0.2) is 32.1 Å². The first-order chi connectivity index (χ1) is 14.9. The lowest BCUT2D eigenvalue weighted by molar-refractivity contribution is -0.136. The zero-order valence-corrected chi connectivity index (χ0v) is 17.1. The largest absolute Gasteiger partial charge is 0.443 e. The molecule has 1 saturated heterocycles. The van der Waals surface area contributed by atoms with Crippen molar-refractivity contribution in [1.29, 1.82) is 0 Å². The number of halogens is 3. The number of carbonyl (C=O) groups is 1. The Bertz CT molecular complexity index is 1060. The van der Waals surface area contributed by atoms with Crippen LogP contribution in [0, 0.1) is 12.7 Å². The Morgan fingerprint density at radius 2 is 2.13 bits per heavy atom. The number of hydrogen-bond donors (Lipinski definition) is 0. The van der Waals surface area contributed by atoms with Crippen molar-refractivity contribution < 1.29 is 22.4 Å². The highest BCUT2D eigenvalue weighted by Crippen LogP contribution is 2.31. The molecule has 1 amide bonds. The van der Waals surface area contributed by atoms with Crippen LogP contribution in [0.15, 0.2) is 40.9 Å². The minimum absolute atomic E-state index is 0.263. The van der Waals surface area contributed by atoms with Gasteiger partial charge in [0.15, 0.2) is 0 Å². The Morgan fingerprint density at radius 3 is 2.90 bits per heavy atom. The number of alkyl halides is 2. The Morgan fingerprint density at radius 1 is 1.29 bits per heavy atom. The second-order valence-corrected chi connectivity index (χ2v) is 7.74. The van der Waals surface area contributed by atoms with Crippen LogP contribution in [-0.2, 0) is 17.8 Å². The average molecular weight is 432 g/mol. The summed E-state index contributed by atoms with van der Waals surface area (Å²) in [6.45, 7) is 1.85. The molecule has 1 aliphatic rings. The van der Waals surface area contributed by atoms with Gasteiger partial charge in [0.05, 0.1) is 11.9 Å². The van der Waals surface area contributed by atoms with Crippen molar-refractivity contribution in [2.75, 3.05) is 6.54 Å². The van der Waals surface area contributed by atoms with Crippen molar-refractivity contribution in [1.82, 2.24) is 19.7 Å². The van der Waals surface area contributed by atoms with Crippen LogP contribution in [0.4, 0.5) is 13.2 Å². The number of oxazole rings is 1. The van der Waals surface area contributed by atoms with Crippen molar-refractivity contribution in [2.45, 2.75) is 51.6 Å². The van der Waals surface area contributed by atoms with Crippen molar-refractivity contribution in [3.63, 3.8) is 0 Å². The van der Waals surface area contributed by atoms with Gasteiger partial charge in [-0.15, -0.1) is 0 Å². The third kappa shape index (κ3) is 4.81. The number of amides is 1. The molecule has 0 aliphatic carbocycles. The van der Waals surface area contributed by atoms with Crippen LogP contribution < -0.4 is 0 Å². The third-order valence-corrected chi connectivity index (χ3v) is 5.39. The highest BCUT2D eigenvalue weighted by Gasteiger charge is 2.32. The second kappa shape index (κ2) is 8.95. The van der Waals surface area contributed by atoms with E-state index in [1.807, 2.05) is 0 Å². The predicted molar refractivity (Wildman–Crippen MR) is 106 cm³/mol. The van der Waals surface area contributed by atoms with E-state index in [1.54, 1.807) is 30.2 Å². The normalized spacial score (nSPS) is 16.8. The Hall–Kier alpha value is -3.10. The SMILES string of the molecule is Cc1cc(C(F)F)n(CC(=O)N2CCCC[C@@H]2c2ncc(Cc3cccc(F)c3)o2)n1. The number of piperidine rings is 1. The van der Waals surface area contributed by atoms with Gasteiger partial charge in [-0.1, -0.05) is 12.1 Å². The molecule has 4 rings (SSSR count). The van der Waals surface area contributed by atoms with Gasteiger partial charge in [-0.05, 0) is 49.9 Å². The Balaban J connectivity index is 1.50. The Labute approximate surface area is 177 Å². The number of rotatable bonds is 6. The molecule has 3 heterocycles. The van der Waals surface area contributed by atoms with E-state index in [0.29, 0.717) is 36.7 Å². The molecule has 1 atom stereocenters. The van der Waals surface area contributed by atoms with Gasteiger partial charge < -0.3 is 9.32 Å². The molecule has 1 aliphatic heterocycles. The number of benzene rings is 1. The lowest BCUT2D eigenvalue weighted by Gasteiger charge is -2.34. The first-order valence-electron chi connectivity index (χ1n) is 10.2. The highest BCUT2D eigenvalue weighted by atomic mass is 19.3. The van der Waals surface area contributed by atoms with Gasteiger partial charge >= 0.3 is 0 Å². The summed E-state index contributed by atoms with van der Waals surface area (Å²) in [5.74, 6) is 0.351. The second-order valence-electron chi connectivity index (χ2n) is 7.74. The summed E-state index contributed by atoms with van der Waals surface area (Å²) in [5.41, 5.74) is 0.925. The molecule has 9 heteroatoms. The van der Waals surface area contributed by atoms with Crippen LogP contribution in [0.5, 0.6) is 0 Å². The number of carbonyl (C=O) groups excluding carboxylic acids is 1. The van der Waals surface area contributed by atoms with Gasteiger partial charge in [0.25, 0.3) is 6.43 Å². The molecule has 0 unspecified atom stereocenters. The van der Waals surface area contributed by atoms with Crippen LogP contribution in [0.1, 0.15) is 60.3 Å². The van der Waals surface area contributed by atoms with E-state index < -0.39 is 6.43 Å². The highest BCUT2D eigenvalue weighted by molar-refractivity contribution is 5.76. The van der Waals surface area contributed by atoms with Crippen LogP contribution in [0.2, 0.25) is 0 Å². The molecule has 164 valence electrons. The summed E-state index contributed by atoms with van der Waals surface area (Å²) in [5, 5.41) is 4.04. The number of likely N-dealkylation sites (tertiary alicyclic amines) is 1. The van der Waals surface area contributed by atoms with Gasteiger partial charge in [0.2, 0.25) is 11.8 Å².